The van der Waals surface area contributed by atoms with E-state index in [0.29, 0.717) is 0 Å². The first-order valence-corrected chi connectivity index (χ1v) is 7.01. The maximum absolute atomic E-state index is 12.0. The summed E-state index contributed by atoms with van der Waals surface area (Å²) < 4.78 is 4.97. The molecule has 0 bridgehead atoms. The molecular formula is C16H23NO2. The van der Waals surface area contributed by atoms with Gasteiger partial charge in [-0.05, 0) is 43.5 Å². The minimum atomic E-state index is -0.0869. The van der Waals surface area contributed by atoms with Gasteiger partial charge in [0.05, 0.1) is 13.0 Å². The van der Waals surface area contributed by atoms with Crippen molar-refractivity contribution in [2.75, 3.05) is 27.2 Å². The molecule has 0 amide bonds. The Morgan fingerprint density at radius 2 is 2.05 bits per heavy atom. The van der Waals surface area contributed by atoms with E-state index in [1.165, 1.54) is 18.2 Å². The zero-order valence-corrected chi connectivity index (χ0v) is 12.1. The Hall–Kier alpha value is -1.35. The number of hydrogen-bond acceptors (Lipinski definition) is 3. The quantitative estimate of drug-likeness (QED) is 0.783. The van der Waals surface area contributed by atoms with Crippen LogP contribution in [-0.2, 0) is 16.0 Å². The van der Waals surface area contributed by atoms with Crippen LogP contribution in [0.4, 0.5) is 0 Å². The average Bonchev–Trinajstić information content (AvgIpc) is 2.46. The van der Waals surface area contributed by atoms with Crippen LogP contribution >= 0.6 is 0 Å². The van der Waals surface area contributed by atoms with Gasteiger partial charge in [-0.2, -0.15) is 0 Å². The fourth-order valence-corrected chi connectivity index (χ4v) is 2.90. The molecule has 0 radical (unpaired) electrons. The number of esters is 1. The van der Waals surface area contributed by atoms with Gasteiger partial charge < -0.3 is 9.64 Å². The lowest BCUT2D eigenvalue weighted by molar-refractivity contribution is -0.148. The van der Waals surface area contributed by atoms with Crippen molar-refractivity contribution >= 4 is 5.97 Å². The third kappa shape index (κ3) is 3.16. The highest BCUT2D eigenvalue weighted by Crippen LogP contribution is 2.33. The van der Waals surface area contributed by atoms with Crippen LogP contribution in [0.25, 0.3) is 0 Å². The van der Waals surface area contributed by atoms with E-state index < -0.39 is 0 Å². The second kappa shape index (κ2) is 6.20. The molecule has 1 aliphatic heterocycles. The molecule has 1 aromatic carbocycles. The summed E-state index contributed by atoms with van der Waals surface area (Å²) >= 11 is 0. The molecule has 1 fully saturated rings. The van der Waals surface area contributed by atoms with Gasteiger partial charge >= 0.3 is 5.97 Å². The molecule has 3 heteroatoms. The van der Waals surface area contributed by atoms with Crippen molar-refractivity contribution in [1.82, 2.24) is 4.90 Å². The Bertz CT molecular complexity index is 427. The summed E-state index contributed by atoms with van der Waals surface area (Å²) in [5.41, 5.74) is 2.60. The van der Waals surface area contributed by atoms with Crippen LogP contribution in [0.15, 0.2) is 24.3 Å². The van der Waals surface area contributed by atoms with E-state index in [-0.39, 0.29) is 17.8 Å². The molecule has 2 rings (SSSR count). The number of carbonyl (C=O) groups is 1. The first-order chi connectivity index (χ1) is 9.15. The second-order valence-electron chi connectivity index (χ2n) is 5.38. The lowest BCUT2D eigenvalue weighted by Gasteiger charge is -2.35. The predicted octanol–water partition coefficient (Wildman–Crippen LogP) is 2.46. The molecule has 1 saturated heterocycles. The van der Waals surface area contributed by atoms with E-state index in [2.05, 4.69) is 43.1 Å². The zero-order chi connectivity index (χ0) is 13.8. The van der Waals surface area contributed by atoms with E-state index in [0.717, 1.165) is 25.9 Å². The Morgan fingerprint density at radius 1 is 1.37 bits per heavy atom. The number of carbonyl (C=O) groups excluding carboxylic acids is 1. The molecule has 0 unspecified atom stereocenters. The predicted molar refractivity (Wildman–Crippen MR) is 76.2 cm³/mol. The minimum absolute atomic E-state index is 0.0452. The number of methoxy groups -OCH3 is 1. The molecule has 0 N–H and O–H groups in total. The van der Waals surface area contributed by atoms with Gasteiger partial charge in [0.25, 0.3) is 0 Å². The van der Waals surface area contributed by atoms with Gasteiger partial charge in [-0.3, -0.25) is 4.79 Å². The zero-order valence-electron chi connectivity index (χ0n) is 12.1. The summed E-state index contributed by atoms with van der Waals surface area (Å²) in [6.07, 6.45) is 2.07. The van der Waals surface area contributed by atoms with Crippen molar-refractivity contribution in [3.05, 3.63) is 35.4 Å². The van der Waals surface area contributed by atoms with Crippen LogP contribution in [0.2, 0.25) is 0 Å². The van der Waals surface area contributed by atoms with Gasteiger partial charge in [0.1, 0.15) is 0 Å². The highest BCUT2D eigenvalue weighted by Gasteiger charge is 2.34. The summed E-state index contributed by atoms with van der Waals surface area (Å²) in [7, 11) is 3.54. The summed E-state index contributed by atoms with van der Waals surface area (Å²) in [5.74, 6) is 0.155. The fourth-order valence-electron chi connectivity index (χ4n) is 2.90. The van der Waals surface area contributed by atoms with E-state index in [4.69, 9.17) is 4.74 Å². The van der Waals surface area contributed by atoms with Crippen molar-refractivity contribution in [3.63, 3.8) is 0 Å². The molecule has 1 heterocycles. The van der Waals surface area contributed by atoms with Gasteiger partial charge in [-0.25, -0.2) is 0 Å². The maximum atomic E-state index is 12.0. The fraction of sp³-hybridized carbons (Fsp3) is 0.562. The van der Waals surface area contributed by atoms with E-state index in [1.807, 2.05) is 0 Å². The highest BCUT2D eigenvalue weighted by atomic mass is 16.5. The molecule has 1 aromatic rings. The number of piperidine rings is 1. The van der Waals surface area contributed by atoms with Crippen LogP contribution in [0.3, 0.4) is 0 Å². The Balaban J connectivity index is 2.21. The summed E-state index contributed by atoms with van der Waals surface area (Å²) in [4.78, 5) is 14.2. The summed E-state index contributed by atoms with van der Waals surface area (Å²) in [6, 6.07) is 8.68. The van der Waals surface area contributed by atoms with Crippen LogP contribution in [0.5, 0.6) is 0 Å². The number of benzene rings is 1. The van der Waals surface area contributed by atoms with E-state index in [9.17, 15) is 4.79 Å². The van der Waals surface area contributed by atoms with Gasteiger partial charge in [-0.15, -0.1) is 0 Å². The van der Waals surface area contributed by atoms with E-state index in [1.54, 1.807) is 0 Å². The van der Waals surface area contributed by atoms with Crippen molar-refractivity contribution in [3.8, 4) is 0 Å². The number of likely N-dealkylation sites (tertiary alicyclic amines) is 1. The third-order valence-corrected chi connectivity index (χ3v) is 4.14. The van der Waals surface area contributed by atoms with Crippen molar-refractivity contribution in [2.45, 2.75) is 25.7 Å². The molecule has 1 aliphatic rings. The maximum Gasteiger partial charge on any atom is 0.310 e. The molecule has 0 saturated carbocycles. The second-order valence-corrected chi connectivity index (χ2v) is 5.38. The Kier molecular flexibility index (Phi) is 4.59. The van der Waals surface area contributed by atoms with Crippen LogP contribution in [0.1, 0.15) is 30.4 Å². The smallest absolute Gasteiger partial charge is 0.310 e. The van der Waals surface area contributed by atoms with Gasteiger partial charge in [0, 0.05) is 6.54 Å². The lowest BCUT2D eigenvalue weighted by Crippen LogP contribution is -2.41. The highest BCUT2D eigenvalue weighted by molar-refractivity contribution is 5.74. The number of nitrogens with zero attached hydrogens (tertiary/aromatic N) is 1. The summed E-state index contributed by atoms with van der Waals surface area (Å²) in [6.45, 7) is 3.97. The van der Waals surface area contributed by atoms with Crippen molar-refractivity contribution in [2.24, 2.45) is 5.92 Å². The number of hydrogen-bond donors (Lipinski definition) is 0. The van der Waals surface area contributed by atoms with Crippen LogP contribution < -0.4 is 0 Å². The molecule has 104 valence electrons. The number of ether oxygens (including phenoxy) is 1. The Labute approximate surface area is 115 Å². The Morgan fingerprint density at radius 3 is 2.63 bits per heavy atom. The van der Waals surface area contributed by atoms with Crippen molar-refractivity contribution < 1.29 is 9.53 Å². The number of rotatable bonds is 3. The average molecular weight is 261 g/mol. The van der Waals surface area contributed by atoms with Gasteiger partial charge in [0.2, 0.25) is 0 Å². The normalized spacial score (nSPS) is 24.2. The standard InChI is InChI=1S/C16H23NO2/c1-4-12-5-7-13(8-6-12)14-9-10-17(2)11-15(14)16(18)19-3/h5-8,14-15H,4,9-11H2,1-3H3/t14-,15-/m1/s1. The first-order valence-electron chi connectivity index (χ1n) is 7.01. The molecule has 3 nitrogen and oxygen atoms in total. The SMILES string of the molecule is CCc1ccc([C@H]2CCN(C)C[C@H]2C(=O)OC)cc1. The topological polar surface area (TPSA) is 29.5 Å². The lowest BCUT2D eigenvalue weighted by atomic mass is 9.80. The third-order valence-electron chi connectivity index (χ3n) is 4.14. The molecule has 2 atom stereocenters. The van der Waals surface area contributed by atoms with Gasteiger partial charge in [0.15, 0.2) is 0 Å². The molecule has 19 heavy (non-hydrogen) atoms. The van der Waals surface area contributed by atoms with E-state index >= 15 is 0 Å². The minimum Gasteiger partial charge on any atom is -0.469 e. The largest absolute Gasteiger partial charge is 0.469 e. The summed E-state index contributed by atoms with van der Waals surface area (Å²) in [5, 5.41) is 0. The molecule has 0 spiro atoms. The van der Waals surface area contributed by atoms with Crippen molar-refractivity contribution in [1.29, 1.82) is 0 Å². The first kappa shape index (κ1) is 14.1. The molecule has 0 aromatic heterocycles. The monoisotopic (exact) mass is 261 g/mol. The number of aryl methyl sites for hydroxylation is 1. The molecule has 0 aliphatic carbocycles. The van der Waals surface area contributed by atoms with Crippen LogP contribution in [0, 0.1) is 5.92 Å². The van der Waals surface area contributed by atoms with Crippen LogP contribution in [-0.4, -0.2) is 38.1 Å². The van der Waals surface area contributed by atoms with Gasteiger partial charge in [-0.1, -0.05) is 31.2 Å². The molecular weight excluding hydrogens is 238 g/mol.